The van der Waals surface area contributed by atoms with E-state index in [1.54, 1.807) is 72.8 Å². The third-order valence-corrected chi connectivity index (χ3v) is 13.6. The van der Waals surface area contributed by atoms with Gasteiger partial charge in [0.05, 0.1) is 18.2 Å². The number of hydrogen-bond donors (Lipinski definition) is 9. The van der Waals surface area contributed by atoms with Crippen molar-refractivity contribution in [3.8, 4) is 28.7 Å². The van der Waals surface area contributed by atoms with Crippen LogP contribution in [0.2, 0.25) is 0 Å². The van der Waals surface area contributed by atoms with Crippen LogP contribution in [0.25, 0.3) is 32.3 Å². The molecule has 500 valence electrons. The topological polar surface area (TPSA) is 432 Å². The second kappa shape index (κ2) is 36.9. The van der Waals surface area contributed by atoms with Gasteiger partial charge in [-0.15, -0.1) is 0 Å². The van der Waals surface area contributed by atoms with Gasteiger partial charge in [-0.05, 0) is 205 Å². The van der Waals surface area contributed by atoms with E-state index >= 15 is 0 Å². The average molecular weight is 1340 g/mol. The summed E-state index contributed by atoms with van der Waals surface area (Å²) in [7, 11) is -8.47. The molecule has 0 aromatic heterocycles. The SMILES string of the molecule is CC(=O)Oc1ccc2cc(C(=O)NCCCNC(=O)c3ccc(O)cc3)ccc2c1.COC(=O)c1ccc(O)cc1.Cc1ccc2cc(C(=O)O)ccc2c1.NCCCN.O=C(NCCCNC(=O)c1ccc2cc(OS(=O)(=O)[O-])ccc2c1)c1ccc(OS(=O)(=O)[O-])cc1. The Morgan fingerprint density at radius 1 is 0.421 bits per heavy atom. The van der Waals surface area contributed by atoms with Crippen molar-refractivity contribution in [2.45, 2.75) is 33.1 Å². The van der Waals surface area contributed by atoms with Crippen LogP contribution in [0.5, 0.6) is 28.7 Å². The van der Waals surface area contributed by atoms with Crippen LogP contribution in [-0.4, -0.2) is 129 Å². The van der Waals surface area contributed by atoms with Crippen LogP contribution >= 0.6 is 0 Å². The first kappa shape index (κ1) is 74.7. The molecule has 0 heterocycles. The van der Waals surface area contributed by atoms with Gasteiger partial charge in [-0.1, -0.05) is 54.1 Å². The molecule has 0 saturated heterocycles. The van der Waals surface area contributed by atoms with Gasteiger partial charge >= 0.3 is 17.9 Å². The molecule has 26 nitrogen and oxygen atoms in total. The number of amides is 4. The summed E-state index contributed by atoms with van der Waals surface area (Å²) in [4.78, 5) is 81.4. The monoisotopic (exact) mass is 1340 g/mol. The smallest absolute Gasteiger partial charge is 0.337 e. The summed E-state index contributed by atoms with van der Waals surface area (Å²) in [5, 5.41) is 42.8. The predicted molar refractivity (Wildman–Crippen MR) is 351 cm³/mol. The van der Waals surface area contributed by atoms with Crippen molar-refractivity contribution in [3.05, 3.63) is 221 Å². The Hall–Kier alpha value is -11.0. The van der Waals surface area contributed by atoms with Crippen LogP contribution in [0.4, 0.5) is 0 Å². The normalized spacial score (nSPS) is 10.6. The average Bonchev–Trinajstić information content (AvgIpc) is 0.872. The van der Waals surface area contributed by atoms with Crippen molar-refractivity contribution in [1.29, 1.82) is 0 Å². The van der Waals surface area contributed by atoms with Gasteiger partial charge in [0.25, 0.3) is 44.4 Å². The Morgan fingerprint density at radius 3 is 1.16 bits per heavy atom. The van der Waals surface area contributed by atoms with Gasteiger partial charge in [-0.3, -0.25) is 24.0 Å². The molecule has 9 aromatic rings. The van der Waals surface area contributed by atoms with Crippen molar-refractivity contribution >= 4 is 94.7 Å². The Labute approximate surface area is 546 Å². The number of esters is 2. The van der Waals surface area contributed by atoms with Gasteiger partial charge in [-0.25, -0.2) is 26.4 Å². The number of phenols is 2. The van der Waals surface area contributed by atoms with Crippen molar-refractivity contribution < 1.29 is 92.7 Å². The number of carbonyl (C=O) groups excluding carboxylic acids is 6. The van der Waals surface area contributed by atoms with Crippen molar-refractivity contribution in [2.75, 3.05) is 46.4 Å². The Balaban J connectivity index is 0.000000242. The fourth-order valence-electron chi connectivity index (χ4n) is 8.25. The molecule has 0 atom stereocenters. The quantitative estimate of drug-likeness (QED) is 0.0111. The molecule has 0 fully saturated rings. The molecular weight excluding hydrogens is 1270 g/mol. The van der Waals surface area contributed by atoms with Crippen molar-refractivity contribution in [3.63, 3.8) is 0 Å². The molecule has 0 unspecified atom stereocenters. The van der Waals surface area contributed by atoms with Crippen LogP contribution in [0.3, 0.4) is 0 Å². The van der Waals surface area contributed by atoms with E-state index < -0.39 is 38.6 Å². The lowest BCUT2D eigenvalue weighted by molar-refractivity contribution is -0.131. The van der Waals surface area contributed by atoms with Crippen LogP contribution in [0, 0.1) is 6.92 Å². The Bertz CT molecular complexity index is 4360. The number of nitrogens with two attached hydrogens (primary N) is 2. The molecule has 0 radical (unpaired) electrons. The molecule has 9 rings (SSSR count). The van der Waals surface area contributed by atoms with E-state index in [1.165, 1.54) is 105 Å². The van der Waals surface area contributed by atoms with Gasteiger partial charge in [0, 0.05) is 55.4 Å². The zero-order valence-corrected chi connectivity index (χ0v) is 53.1. The molecule has 0 saturated carbocycles. The summed E-state index contributed by atoms with van der Waals surface area (Å²) < 4.78 is 81.8. The van der Waals surface area contributed by atoms with E-state index in [0.717, 1.165) is 41.1 Å². The number of methoxy groups -OCH3 is 1. The van der Waals surface area contributed by atoms with E-state index in [1.807, 2.05) is 31.2 Å². The lowest BCUT2D eigenvalue weighted by Crippen LogP contribution is -2.29. The number of benzene rings is 9. The molecule has 0 aliphatic rings. The van der Waals surface area contributed by atoms with Gasteiger partial charge in [-0.2, -0.15) is 0 Å². The van der Waals surface area contributed by atoms with E-state index in [0.29, 0.717) is 70.3 Å². The minimum Gasteiger partial charge on any atom is -0.716 e. The molecule has 0 spiro atoms. The zero-order chi connectivity index (χ0) is 69.7. The highest BCUT2D eigenvalue weighted by atomic mass is 32.3. The number of nitrogens with one attached hydrogen (secondary N) is 4. The molecular formula is C67H68N6O20S2-2. The van der Waals surface area contributed by atoms with Crippen LogP contribution in [0.15, 0.2) is 182 Å². The molecule has 0 bridgehead atoms. The second-order valence-corrected chi connectivity index (χ2v) is 22.1. The molecule has 9 aromatic carbocycles. The van der Waals surface area contributed by atoms with Gasteiger partial charge in [0.1, 0.15) is 28.7 Å². The first-order valence-electron chi connectivity index (χ1n) is 28.7. The number of rotatable bonds is 21. The number of aromatic carboxylic acids is 1. The van der Waals surface area contributed by atoms with E-state index in [4.69, 9.17) is 26.4 Å². The Morgan fingerprint density at radius 2 is 0.747 bits per heavy atom. The number of carbonyl (C=O) groups is 7. The fraction of sp³-hybridized carbons (Fsp3) is 0.179. The van der Waals surface area contributed by atoms with Crippen molar-refractivity contribution in [1.82, 2.24) is 21.3 Å². The van der Waals surface area contributed by atoms with Crippen molar-refractivity contribution in [2.24, 2.45) is 11.5 Å². The summed E-state index contributed by atoms with van der Waals surface area (Å²) in [5.41, 5.74) is 13.6. The number of aromatic hydroxyl groups is 2. The summed E-state index contributed by atoms with van der Waals surface area (Å²) in [5.74, 6) is -2.53. The van der Waals surface area contributed by atoms with E-state index in [2.05, 4.69) is 34.4 Å². The summed E-state index contributed by atoms with van der Waals surface area (Å²) >= 11 is 0. The van der Waals surface area contributed by atoms with Gasteiger partial charge < -0.3 is 75.0 Å². The standard InChI is InChI=1S/C23H22N2O5.C21H20N2O10S2.C12H10O2.C8H8O3.C3H10N2/c1-15(26)30-21-10-7-17-13-19(4-3-18(17)14-21)23(29)25-12-2-11-24-22(28)16-5-8-20(27)9-6-16;24-20(14-4-7-18(8-5-14)32-34(26,27)28)22-10-1-11-23-21(25)17-3-2-16-13-19(33-35(29,30)31)9-6-15(16)12-17;1-8-2-3-10-7-11(12(13)14)5-4-9(10)6-8;1-11-8(10)6-2-4-7(9)5-3-6;4-2-1-3-5/h3-10,13-14,27H,2,11-12H2,1H3,(H,24,28)(H,25,29);2-9,12-13H,1,10-11H2,(H,22,24)(H,23,25)(H,26,27,28)(H,29,30,31);2-7H,1H3,(H,13,14);2-5,9H,1H3;1-5H2/p-2. The first-order valence-corrected chi connectivity index (χ1v) is 31.4. The number of ether oxygens (including phenoxy) is 2. The van der Waals surface area contributed by atoms with Crippen LogP contribution in [0.1, 0.15) is 93.9 Å². The fourth-order valence-corrected chi connectivity index (χ4v) is 8.93. The minimum absolute atomic E-state index is 0.104. The summed E-state index contributed by atoms with van der Waals surface area (Å²) in [6, 6.07) is 47.3. The minimum atomic E-state index is -4.90. The largest absolute Gasteiger partial charge is 0.716 e. The van der Waals surface area contributed by atoms with E-state index in [9.17, 15) is 64.6 Å². The summed E-state index contributed by atoms with van der Waals surface area (Å²) in [6.45, 7) is 6.14. The van der Waals surface area contributed by atoms with E-state index in [-0.39, 0.29) is 65.3 Å². The second-order valence-electron chi connectivity index (χ2n) is 20.2. The number of phenolic OH excluding ortho intramolecular Hbond substituents is 2. The number of carboxylic acids is 1. The maximum absolute atomic E-state index is 12.4. The van der Waals surface area contributed by atoms with Gasteiger partial charge in [0.15, 0.2) is 0 Å². The molecule has 0 aliphatic carbocycles. The molecule has 28 heteroatoms. The molecule has 11 N–H and O–H groups in total. The third-order valence-electron chi connectivity index (χ3n) is 12.8. The number of fused-ring (bicyclic) bond motifs is 3. The number of aryl methyl sites for hydroxylation is 1. The van der Waals surface area contributed by atoms with Crippen LogP contribution in [-0.2, 0) is 30.3 Å². The third kappa shape index (κ3) is 26.6. The van der Waals surface area contributed by atoms with Crippen LogP contribution < -0.4 is 45.8 Å². The highest BCUT2D eigenvalue weighted by molar-refractivity contribution is 7.81. The van der Waals surface area contributed by atoms with Gasteiger partial charge in [0.2, 0.25) is 0 Å². The summed E-state index contributed by atoms with van der Waals surface area (Å²) in [6.07, 6.45) is 1.94. The first-order chi connectivity index (χ1) is 45.1. The predicted octanol–water partition coefficient (Wildman–Crippen LogP) is 7.41. The Kier molecular flexibility index (Phi) is 29.0. The molecule has 95 heavy (non-hydrogen) atoms. The highest BCUT2D eigenvalue weighted by Gasteiger charge is 2.13. The maximum atomic E-state index is 12.4. The maximum Gasteiger partial charge on any atom is 0.337 e. The molecule has 0 aliphatic heterocycles. The molecule has 4 amide bonds. The number of hydrogen-bond acceptors (Lipinski definition) is 21. The highest BCUT2D eigenvalue weighted by Crippen LogP contribution is 2.25. The zero-order valence-electron chi connectivity index (χ0n) is 51.4. The lowest BCUT2D eigenvalue weighted by atomic mass is 10.1. The number of carboxylic acid groups (broad SMARTS) is 1. The lowest BCUT2D eigenvalue weighted by Gasteiger charge is -2.11.